The second-order valence-corrected chi connectivity index (χ2v) is 6.52. The first-order valence-electron chi connectivity index (χ1n) is 6.80. The molecule has 2 aromatic rings. The summed E-state index contributed by atoms with van der Waals surface area (Å²) in [6.07, 6.45) is 1.31. The van der Waals surface area contributed by atoms with Crippen LogP contribution in [0.5, 0.6) is 5.75 Å². The molecule has 124 valence electrons. The van der Waals surface area contributed by atoms with Gasteiger partial charge in [-0.1, -0.05) is 37.9 Å². The third kappa shape index (κ3) is 5.47. The third-order valence-electron chi connectivity index (χ3n) is 2.88. The molecule has 8 heteroatoms. The molecular weight excluding hydrogens is 442 g/mol. The molecule has 0 aliphatic carbocycles. The van der Waals surface area contributed by atoms with E-state index in [0.29, 0.717) is 11.1 Å². The van der Waals surface area contributed by atoms with E-state index < -0.39 is 5.91 Å². The number of phenolic OH excluding ortho intramolecular Hbond substituents is 1. The summed E-state index contributed by atoms with van der Waals surface area (Å²) in [5, 5.41) is 15.9. The molecule has 0 saturated heterocycles. The fourth-order valence-corrected chi connectivity index (χ4v) is 2.51. The molecule has 0 aliphatic heterocycles. The molecule has 0 unspecified atom stereocenters. The monoisotopic (exact) mass is 453 g/mol. The van der Waals surface area contributed by atoms with Gasteiger partial charge >= 0.3 is 0 Å². The standard InChI is InChI=1S/C16H13Br2N3O3/c17-12-3-1-2-10(6-12)16(24)19-9-15(23)21-20-8-11-7-13(18)4-5-14(11)22/h1-8,22H,9H2,(H,19,24)(H,21,23)/b20-8+. The molecule has 0 spiro atoms. The number of halogens is 2. The van der Waals surface area contributed by atoms with Gasteiger partial charge in [0, 0.05) is 20.1 Å². The predicted molar refractivity (Wildman–Crippen MR) is 98.0 cm³/mol. The summed E-state index contributed by atoms with van der Waals surface area (Å²) in [5.74, 6) is -0.802. The lowest BCUT2D eigenvalue weighted by Crippen LogP contribution is -2.34. The van der Waals surface area contributed by atoms with Crippen LogP contribution in [-0.2, 0) is 4.79 Å². The van der Waals surface area contributed by atoms with Gasteiger partial charge in [0.05, 0.1) is 12.8 Å². The van der Waals surface area contributed by atoms with Crippen LogP contribution < -0.4 is 10.7 Å². The molecule has 6 nitrogen and oxygen atoms in total. The largest absolute Gasteiger partial charge is 0.507 e. The van der Waals surface area contributed by atoms with Crippen molar-refractivity contribution in [1.29, 1.82) is 0 Å². The minimum Gasteiger partial charge on any atom is -0.507 e. The Kier molecular flexibility index (Phi) is 6.51. The van der Waals surface area contributed by atoms with Crippen molar-refractivity contribution in [2.75, 3.05) is 6.54 Å². The Morgan fingerprint density at radius 2 is 1.88 bits per heavy atom. The van der Waals surface area contributed by atoms with E-state index in [4.69, 9.17) is 0 Å². The number of nitrogens with one attached hydrogen (secondary N) is 2. The lowest BCUT2D eigenvalue weighted by Gasteiger charge is -2.04. The minimum atomic E-state index is -0.482. The first-order chi connectivity index (χ1) is 11.5. The Balaban J connectivity index is 1.84. The van der Waals surface area contributed by atoms with Gasteiger partial charge in [-0.15, -0.1) is 0 Å². The summed E-state index contributed by atoms with van der Waals surface area (Å²) in [6, 6.07) is 11.7. The lowest BCUT2D eigenvalue weighted by molar-refractivity contribution is -0.120. The van der Waals surface area contributed by atoms with Gasteiger partial charge in [-0.25, -0.2) is 5.43 Å². The average molecular weight is 455 g/mol. The smallest absolute Gasteiger partial charge is 0.259 e. The highest BCUT2D eigenvalue weighted by atomic mass is 79.9. The summed E-state index contributed by atoms with van der Waals surface area (Å²) in [5.41, 5.74) is 3.17. The number of carbonyl (C=O) groups excluding carboxylic acids is 2. The Labute approximate surface area is 155 Å². The number of rotatable bonds is 5. The second kappa shape index (κ2) is 8.60. The normalized spacial score (nSPS) is 10.6. The van der Waals surface area contributed by atoms with Crippen LogP contribution in [0.2, 0.25) is 0 Å². The fourth-order valence-electron chi connectivity index (χ4n) is 1.73. The van der Waals surface area contributed by atoms with Gasteiger partial charge in [0.1, 0.15) is 5.75 Å². The number of carbonyl (C=O) groups is 2. The number of amides is 2. The van der Waals surface area contributed by atoms with Crippen LogP contribution in [0, 0.1) is 0 Å². The van der Waals surface area contributed by atoms with Gasteiger partial charge in [0.25, 0.3) is 11.8 Å². The molecule has 24 heavy (non-hydrogen) atoms. The molecule has 0 bridgehead atoms. The zero-order chi connectivity index (χ0) is 17.5. The van der Waals surface area contributed by atoms with E-state index in [-0.39, 0.29) is 18.2 Å². The zero-order valence-corrected chi connectivity index (χ0v) is 15.5. The second-order valence-electron chi connectivity index (χ2n) is 4.69. The predicted octanol–water partition coefficient (Wildman–Crippen LogP) is 2.80. The van der Waals surface area contributed by atoms with Gasteiger partial charge in [-0.2, -0.15) is 5.10 Å². The van der Waals surface area contributed by atoms with Crippen molar-refractivity contribution in [1.82, 2.24) is 10.7 Å². The van der Waals surface area contributed by atoms with Crippen molar-refractivity contribution in [3.8, 4) is 5.75 Å². The van der Waals surface area contributed by atoms with Crippen molar-refractivity contribution in [2.24, 2.45) is 5.10 Å². The van der Waals surface area contributed by atoms with Crippen molar-refractivity contribution in [3.05, 3.63) is 62.5 Å². The highest BCUT2D eigenvalue weighted by Gasteiger charge is 2.07. The molecule has 0 aliphatic rings. The molecule has 0 fully saturated rings. The van der Waals surface area contributed by atoms with Crippen LogP contribution in [0.3, 0.4) is 0 Å². The maximum atomic E-state index is 11.9. The maximum absolute atomic E-state index is 11.9. The summed E-state index contributed by atoms with van der Waals surface area (Å²) >= 11 is 6.55. The third-order valence-corrected chi connectivity index (χ3v) is 3.87. The molecule has 0 aromatic heterocycles. The van der Waals surface area contributed by atoms with Crippen molar-refractivity contribution < 1.29 is 14.7 Å². The molecule has 0 atom stereocenters. The van der Waals surface area contributed by atoms with E-state index in [1.54, 1.807) is 36.4 Å². The van der Waals surface area contributed by atoms with Crippen LogP contribution in [0.4, 0.5) is 0 Å². The minimum absolute atomic E-state index is 0.0409. The molecule has 0 heterocycles. The summed E-state index contributed by atoms with van der Waals surface area (Å²) in [6.45, 7) is -0.215. The summed E-state index contributed by atoms with van der Waals surface area (Å²) in [7, 11) is 0. The summed E-state index contributed by atoms with van der Waals surface area (Å²) < 4.78 is 1.55. The summed E-state index contributed by atoms with van der Waals surface area (Å²) in [4.78, 5) is 23.6. The van der Waals surface area contributed by atoms with E-state index in [1.165, 1.54) is 12.3 Å². The van der Waals surface area contributed by atoms with Gasteiger partial charge in [0.2, 0.25) is 0 Å². The van der Waals surface area contributed by atoms with E-state index in [2.05, 4.69) is 47.7 Å². The lowest BCUT2D eigenvalue weighted by atomic mass is 10.2. The van der Waals surface area contributed by atoms with Crippen molar-refractivity contribution in [3.63, 3.8) is 0 Å². The molecular formula is C16H13Br2N3O3. The van der Waals surface area contributed by atoms with Crippen molar-refractivity contribution >= 4 is 49.9 Å². The SMILES string of the molecule is O=C(CNC(=O)c1cccc(Br)c1)N/N=C/c1cc(Br)ccc1O. The van der Waals surface area contributed by atoms with Crippen LogP contribution in [-0.4, -0.2) is 29.7 Å². The highest BCUT2D eigenvalue weighted by Crippen LogP contribution is 2.19. The van der Waals surface area contributed by atoms with Crippen LogP contribution in [0.25, 0.3) is 0 Å². The Morgan fingerprint density at radius 3 is 2.62 bits per heavy atom. The molecule has 0 saturated carbocycles. The Hall–Kier alpha value is -2.19. The number of hydrazone groups is 1. The number of aromatic hydroxyl groups is 1. The van der Waals surface area contributed by atoms with E-state index in [0.717, 1.165) is 8.95 Å². The fraction of sp³-hybridized carbons (Fsp3) is 0.0625. The number of hydrogen-bond donors (Lipinski definition) is 3. The number of benzene rings is 2. The van der Waals surface area contributed by atoms with E-state index in [9.17, 15) is 14.7 Å². The van der Waals surface area contributed by atoms with Crippen LogP contribution >= 0.6 is 31.9 Å². The van der Waals surface area contributed by atoms with Crippen LogP contribution in [0.1, 0.15) is 15.9 Å². The van der Waals surface area contributed by atoms with Gasteiger partial charge in [0.15, 0.2) is 0 Å². The van der Waals surface area contributed by atoms with Gasteiger partial charge in [-0.3, -0.25) is 9.59 Å². The number of phenols is 1. The maximum Gasteiger partial charge on any atom is 0.259 e. The molecule has 2 rings (SSSR count). The number of hydrogen-bond acceptors (Lipinski definition) is 4. The zero-order valence-electron chi connectivity index (χ0n) is 12.3. The Morgan fingerprint density at radius 1 is 1.12 bits per heavy atom. The Bertz CT molecular complexity index is 794. The van der Waals surface area contributed by atoms with E-state index in [1.807, 2.05) is 0 Å². The topological polar surface area (TPSA) is 90.8 Å². The van der Waals surface area contributed by atoms with Gasteiger partial charge in [-0.05, 0) is 36.4 Å². The molecule has 0 radical (unpaired) electrons. The average Bonchev–Trinajstić information content (AvgIpc) is 2.56. The van der Waals surface area contributed by atoms with Crippen LogP contribution in [0.15, 0.2) is 56.5 Å². The first kappa shape index (κ1) is 18.2. The highest BCUT2D eigenvalue weighted by molar-refractivity contribution is 9.10. The number of nitrogens with zero attached hydrogens (tertiary/aromatic N) is 1. The van der Waals surface area contributed by atoms with Crippen molar-refractivity contribution in [2.45, 2.75) is 0 Å². The van der Waals surface area contributed by atoms with Gasteiger partial charge < -0.3 is 10.4 Å². The first-order valence-corrected chi connectivity index (χ1v) is 8.38. The molecule has 2 aromatic carbocycles. The van der Waals surface area contributed by atoms with E-state index >= 15 is 0 Å². The molecule has 2 amide bonds. The molecule has 3 N–H and O–H groups in total. The quantitative estimate of drug-likeness (QED) is 0.479.